The molecule has 4 nitrogen and oxygen atoms in total. The van der Waals surface area contributed by atoms with Gasteiger partial charge in [0.05, 0.1) is 18.0 Å². The van der Waals surface area contributed by atoms with Gasteiger partial charge in [-0.1, -0.05) is 6.42 Å². The first kappa shape index (κ1) is 11.6. The topological polar surface area (TPSA) is 65.4 Å². The molecule has 0 spiro atoms. The molecule has 0 aromatic carbocycles. The second-order valence-electron chi connectivity index (χ2n) is 4.52. The van der Waals surface area contributed by atoms with Crippen LogP contribution in [0, 0.1) is 16.7 Å². The lowest BCUT2D eigenvalue weighted by Crippen LogP contribution is -2.43. The van der Waals surface area contributed by atoms with Crippen molar-refractivity contribution in [2.24, 2.45) is 16.1 Å². The van der Waals surface area contributed by atoms with E-state index in [-0.39, 0.29) is 5.41 Å². The summed E-state index contributed by atoms with van der Waals surface area (Å²) in [4.78, 5) is 6.53. The first-order valence-corrected chi connectivity index (χ1v) is 6.95. The number of aliphatic imine (C=N–C) groups is 1. The summed E-state index contributed by atoms with van der Waals surface area (Å²) in [5.41, 5.74) is 5.75. The number of hydrogen-bond donors (Lipinski definition) is 1. The fourth-order valence-electron chi connectivity index (χ4n) is 2.03. The second-order valence-corrected chi connectivity index (χ2v) is 5.74. The van der Waals surface area contributed by atoms with Crippen LogP contribution < -0.4 is 5.73 Å². The van der Waals surface area contributed by atoms with Crippen LogP contribution in [0.1, 0.15) is 19.3 Å². The molecule has 2 N–H and O–H groups in total. The Hall–Kier alpha value is -0.890. The normalized spacial score (nSPS) is 24.7. The van der Waals surface area contributed by atoms with Crippen LogP contribution in [0.2, 0.25) is 0 Å². The Morgan fingerprint density at radius 3 is 2.62 bits per heavy atom. The van der Waals surface area contributed by atoms with Gasteiger partial charge in [0.2, 0.25) is 0 Å². The van der Waals surface area contributed by atoms with Gasteiger partial charge in [-0.2, -0.15) is 17.0 Å². The summed E-state index contributed by atoms with van der Waals surface area (Å²) in [6, 6.07) is 2.39. The van der Waals surface area contributed by atoms with Crippen molar-refractivity contribution >= 4 is 17.7 Å². The van der Waals surface area contributed by atoms with Crippen LogP contribution in [0.4, 0.5) is 0 Å². The van der Waals surface area contributed by atoms with E-state index < -0.39 is 0 Å². The van der Waals surface area contributed by atoms with E-state index in [2.05, 4.69) is 16.0 Å². The van der Waals surface area contributed by atoms with Crippen LogP contribution in [0.3, 0.4) is 0 Å². The molecule has 2 aliphatic rings. The quantitative estimate of drug-likeness (QED) is 0.577. The van der Waals surface area contributed by atoms with Gasteiger partial charge in [-0.3, -0.25) is 4.99 Å². The SMILES string of the molecule is N#CC1(CN=C(N)N2CCSCC2)CCC1. The third kappa shape index (κ3) is 2.43. The summed E-state index contributed by atoms with van der Waals surface area (Å²) >= 11 is 1.96. The monoisotopic (exact) mass is 238 g/mol. The minimum absolute atomic E-state index is 0.199. The lowest BCUT2D eigenvalue weighted by molar-refractivity contribution is 0.225. The minimum atomic E-state index is -0.199. The van der Waals surface area contributed by atoms with E-state index >= 15 is 0 Å². The molecule has 0 aromatic rings. The number of rotatable bonds is 2. The van der Waals surface area contributed by atoms with Gasteiger partial charge >= 0.3 is 0 Å². The summed E-state index contributed by atoms with van der Waals surface area (Å²) in [5.74, 6) is 2.88. The molecule has 0 aromatic heterocycles. The maximum absolute atomic E-state index is 9.08. The van der Waals surface area contributed by atoms with Crippen molar-refractivity contribution in [1.29, 1.82) is 5.26 Å². The van der Waals surface area contributed by atoms with Gasteiger partial charge in [-0.05, 0) is 12.8 Å². The van der Waals surface area contributed by atoms with Crippen molar-refractivity contribution in [3.05, 3.63) is 0 Å². The summed E-state index contributed by atoms with van der Waals surface area (Å²) < 4.78 is 0. The smallest absolute Gasteiger partial charge is 0.191 e. The van der Waals surface area contributed by atoms with E-state index in [4.69, 9.17) is 11.0 Å². The van der Waals surface area contributed by atoms with Crippen molar-refractivity contribution in [3.63, 3.8) is 0 Å². The van der Waals surface area contributed by atoms with Gasteiger partial charge in [-0.25, -0.2) is 0 Å². The van der Waals surface area contributed by atoms with E-state index in [1.54, 1.807) is 0 Å². The van der Waals surface area contributed by atoms with Crippen molar-refractivity contribution in [1.82, 2.24) is 4.90 Å². The molecule has 1 heterocycles. The number of nitrogens with two attached hydrogens (primary N) is 1. The Balaban J connectivity index is 1.88. The molecule has 0 amide bonds. The number of nitrogens with zero attached hydrogens (tertiary/aromatic N) is 3. The summed E-state index contributed by atoms with van der Waals surface area (Å²) in [6.45, 7) is 2.55. The second kappa shape index (κ2) is 4.96. The predicted molar refractivity (Wildman–Crippen MR) is 67.3 cm³/mol. The molecule has 0 atom stereocenters. The molecule has 0 bridgehead atoms. The van der Waals surface area contributed by atoms with E-state index in [0.29, 0.717) is 12.5 Å². The van der Waals surface area contributed by atoms with Crippen LogP contribution in [0.25, 0.3) is 0 Å². The van der Waals surface area contributed by atoms with Gasteiger partial charge in [0.1, 0.15) is 0 Å². The number of nitriles is 1. The first-order valence-electron chi connectivity index (χ1n) is 5.80. The maximum atomic E-state index is 9.08. The van der Waals surface area contributed by atoms with Crippen LogP contribution in [-0.4, -0.2) is 42.0 Å². The van der Waals surface area contributed by atoms with E-state index in [1.807, 2.05) is 11.8 Å². The minimum Gasteiger partial charge on any atom is -0.370 e. The maximum Gasteiger partial charge on any atom is 0.191 e. The number of hydrogen-bond acceptors (Lipinski definition) is 3. The Bertz CT molecular complexity index is 310. The summed E-state index contributed by atoms with van der Waals surface area (Å²) in [6.07, 6.45) is 3.12. The lowest BCUT2D eigenvalue weighted by Gasteiger charge is -2.34. The highest BCUT2D eigenvalue weighted by Gasteiger charge is 2.37. The molecule has 88 valence electrons. The van der Waals surface area contributed by atoms with Gasteiger partial charge in [-0.15, -0.1) is 0 Å². The Morgan fingerprint density at radius 2 is 2.12 bits per heavy atom. The highest BCUT2D eigenvalue weighted by Crippen LogP contribution is 2.40. The van der Waals surface area contributed by atoms with Crippen molar-refractivity contribution in [3.8, 4) is 6.07 Å². The fourth-order valence-corrected chi connectivity index (χ4v) is 2.94. The van der Waals surface area contributed by atoms with Crippen LogP contribution >= 0.6 is 11.8 Å². The Labute approximate surface area is 101 Å². The highest BCUT2D eigenvalue weighted by atomic mass is 32.2. The van der Waals surface area contributed by atoms with Crippen LogP contribution in [-0.2, 0) is 0 Å². The van der Waals surface area contributed by atoms with Crippen molar-refractivity contribution in [2.45, 2.75) is 19.3 Å². The van der Waals surface area contributed by atoms with Crippen molar-refractivity contribution < 1.29 is 0 Å². The van der Waals surface area contributed by atoms with E-state index in [0.717, 1.165) is 43.9 Å². The zero-order chi connectivity index (χ0) is 11.4. The third-order valence-corrected chi connectivity index (χ3v) is 4.37. The highest BCUT2D eigenvalue weighted by molar-refractivity contribution is 7.99. The molecule has 0 unspecified atom stereocenters. The molecule has 16 heavy (non-hydrogen) atoms. The molecule has 0 radical (unpaired) electrons. The molecule has 1 aliphatic carbocycles. The van der Waals surface area contributed by atoms with Crippen LogP contribution in [0.15, 0.2) is 4.99 Å². The fraction of sp³-hybridized carbons (Fsp3) is 0.818. The van der Waals surface area contributed by atoms with E-state index in [1.165, 1.54) is 0 Å². The molecule has 2 fully saturated rings. The molecular weight excluding hydrogens is 220 g/mol. The predicted octanol–water partition coefficient (Wildman–Crippen LogP) is 1.04. The summed E-state index contributed by atoms with van der Waals surface area (Å²) in [7, 11) is 0. The number of guanidine groups is 1. The molecular formula is C11H18N4S. The standard InChI is InChI=1S/C11H18N4S/c12-8-11(2-1-3-11)9-14-10(13)15-4-6-16-7-5-15/h1-7,9H2,(H2,13,14). The van der Waals surface area contributed by atoms with Gasteiger partial charge < -0.3 is 10.6 Å². The van der Waals surface area contributed by atoms with Crippen LogP contribution in [0.5, 0.6) is 0 Å². The zero-order valence-corrected chi connectivity index (χ0v) is 10.3. The summed E-state index contributed by atoms with van der Waals surface area (Å²) in [5, 5.41) is 9.08. The largest absolute Gasteiger partial charge is 0.370 e. The zero-order valence-electron chi connectivity index (χ0n) is 9.48. The van der Waals surface area contributed by atoms with Gasteiger partial charge in [0.25, 0.3) is 0 Å². The Kier molecular flexibility index (Phi) is 3.59. The van der Waals surface area contributed by atoms with Gasteiger partial charge in [0, 0.05) is 24.6 Å². The molecule has 1 saturated heterocycles. The molecule has 1 saturated carbocycles. The molecule has 1 aliphatic heterocycles. The lowest BCUT2D eigenvalue weighted by atomic mass is 9.70. The Morgan fingerprint density at radius 1 is 1.44 bits per heavy atom. The average molecular weight is 238 g/mol. The first-order chi connectivity index (χ1) is 7.76. The molecule has 5 heteroatoms. The number of thioether (sulfide) groups is 1. The van der Waals surface area contributed by atoms with Gasteiger partial charge in [0.15, 0.2) is 5.96 Å². The van der Waals surface area contributed by atoms with Crippen molar-refractivity contribution in [2.75, 3.05) is 31.1 Å². The average Bonchev–Trinajstić information content (AvgIpc) is 2.29. The van der Waals surface area contributed by atoms with E-state index in [9.17, 15) is 0 Å². The third-order valence-electron chi connectivity index (χ3n) is 3.43. The molecule has 2 rings (SSSR count).